The van der Waals surface area contributed by atoms with Crippen LogP contribution in [0.4, 0.5) is 5.69 Å². The maximum atomic E-state index is 11.3. The molecule has 0 spiro atoms. The molecule has 0 saturated carbocycles. The van der Waals surface area contributed by atoms with Gasteiger partial charge in [-0.25, -0.2) is 0 Å². The SMILES string of the molecule is CN(C)N=Nc1ccc(/C=C\c2ccccc2S(=O)(=O)O)cc1. The topological polar surface area (TPSA) is 82.3 Å². The average molecular weight is 331 g/mol. The molecule has 0 atom stereocenters. The van der Waals surface area contributed by atoms with Crippen molar-refractivity contribution in [3.8, 4) is 0 Å². The second-order valence-electron chi connectivity index (χ2n) is 4.97. The summed E-state index contributed by atoms with van der Waals surface area (Å²) in [5, 5.41) is 9.53. The van der Waals surface area contributed by atoms with Gasteiger partial charge < -0.3 is 0 Å². The van der Waals surface area contributed by atoms with Gasteiger partial charge >= 0.3 is 0 Å². The van der Waals surface area contributed by atoms with Gasteiger partial charge in [0.2, 0.25) is 0 Å². The zero-order valence-corrected chi connectivity index (χ0v) is 13.6. The average Bonchev–Trinajstić information content (AvgIpc) is 2.51. The predicted octanol–water partition coefficient (Wildman–Crippen LogP) is 3.66. The van der Waals surface area contributed by atoms with Crippen LogP contribution < -0.4 is 0 Å². The van der Waals surface area contributed by atoms with Crippen LogP contribution in [0.1, 0.15) is 11.1 Å². The van der Waals surface area contributed by atoms with E-state index in [-0.39, 0.29) is 4.90 Å². The van der Waals surface area contributed by atoms with E-state index in [0.717, 1.165) is 5.56 Å². The summed E-state index contributed by atoms with van der Waals surface area (Å²) in [4.78, 5) is -0.118. The van der Waals surface area contributed by atoms with Crippen LogP contribution in [0.3, 0.4) is 0 Å². The van der Waals surface area contributed by atoms with Gasteiger partial charge in [0.15, 0.2) is 0 Å². The molecule has 0 aliphatic carbocycles. The van der Waals surface area contributed by atoms with Crippen LogP contribution in [0.15, 0.2) is 63.8 Å². The minimum Gasteiger partial charge on any atom is -0.285 e. The van der Waals surface area contributed by atoms with Crippen molar-refractivity contribution in [1.29, 1.82) is 0 Å². The van der Waals surface area contributed by atoms with Crippen LogP contribution in [0.25, 0.3) is 12.2 Å². The van der Waals surface area contributed by atoms with E-state index in [1.54, 1.807) is 61.6 Å². The van der Waals surface area contributed by atoms with Gasteiger partial charge in [-0.1, -0.05) is 47.7 Å². The standard InChI is InChI=1S/C16H17N3O3S/c1-19(2)18-17-15-11-8-13(9-12-15)7-10-14-5-3-4-6-16(14)23(20,21)22/h3-12H,1-2H3,(H,20,21,22)/b10-7-,18-17?. The van der Waals surface area contributed by atoms with Crippen molar-refractivity contribution in [3.05, 3.63) is 59.7 Å². The fourth-order valence-corrected chi connectivity index (χ4v) is 2.52. The number of benzene rings is 2. The molecular weight excluding hydrogens is 314 g/mol. The first-order valence-corrected chi connectivity index (χ1v) is 8.24. The highest BCUT2D eigenvalue weighted by Crippen LogP contribution is 2.19. The lowest BCUT2D eigenvalue weighted by Gasteiger charge is -2.02. The summed E-state index contributed by atoms with van der Waals surface area (Å²) in [6, 6.07) is 13.6. The van der Waals surface area contributed by atoms with Crippen molar-refractivity contribution >= 4 is 28.0 Å². The first kappa shape index (κ1) is 16.9. The second-order valence-corrected chi connectivity index (χ2v) is 6.36. The van der Waals surface area contributed by atoms with Crippen LogP contribution in [-0.4, -0.2) is 32.1 Å². The van der Waals surface area contributed by atoms with Crippen molar-refractivity contribution in [2.24, 2.45) is 10.3 Å². The molecule has 0 aliphatic rings. The largest absolute Gasteiger partial charge is 0.295 e. The third-order valence-electron chi connectivity index (χ3n) is 2.88. The summed E-state index contributed by atoms with van der Waals surface area (Å²) in [5.74, 6) is 0. The number of nitrogens with zero attached hydrogens (tertiary/aromatic N) is 3. The van der Waals surface area contributed by atoms with Crippen LogP contribution in [0, 0.1) is 0 Å². The Morgan fingerprint density at radius 2 is 1.65 bits per heavy atom. The molecule has 0 aromatic heterocycles. The maximum absolute atomic E-state index is 11.3. The molecule has 1 N–H and O–H groups in total. The van der Waals surface area contributed by atoms with E-state index < -0.39 is 10.1 Å². The highest BCUT2D eigenvalue weighted by molar-refractivity contribution is 7.85. The molecule has 6 nitrogen and oxygen atoms in total. The Morgan fingerprint density at radius 1 is 1.00 bits per heavy atom. The first-order chi connectivity index (χ1) is 10.9. The fourth-order valence-electron chi connectivity index (χ4n) is 1.83. The number of rotatable bonds is 5. The van der Waals surface area contributed by atoms with Gasteiger partial charge in [-0.15, -0.1) is 5.11 Å². The smallest absolute Gasteiger partial charge is 0.285 e. The Morgan fingerprint density at radius 3 is 2.26 bits per heavy atom. The summed E-state index contributed by atoms with van der Waals surface area (Å²) in [6.07, 6.45) is 3.40. The Hall–Kier alpha value is -2.51. The minimum atomic E-state index is -4.24. The summed E-state index contributed by atoms with van der Waals surface area (Å²) in [7, 11) is -0.673. The quantitative estimate of drug-likeness (QED) is 0.392. The van der Waals surface area contributed by atoms with Crippen LogP contribution in [-0.2, 0) is 10.1 Å². The van der Waals surface area contributed by atoms with E-state index in [1.165, 1.54) is 6.07 Å². The molecule has 2 aromatic carbocycles. The van der Waals surface area contributed by atoms with Crippen LogP contribution in [0.5, 0.6) is 0 Å². The molecule has 0 aliphatic heterocycles. The molecule has 0 heterocycles. The third kappa shape index (κ3) is 5.01. The van der Waals surface area contributed by atoms with Crippen molar-refractivity contribution in [2.45, 2.75) is 4.90 Å². The molecule has 23 heavy (non-hydrogen) atoms. The van der Waals surface area contributed by atoms with Gasteiger partial charge in [0.05, 0.1) is 5.69 Å². The van der Waals surface area contributed by atoms with E-state index in [2.05, 4.69) is 10.3 Å². The van der Waals surface area contributed by atoms with Crippen molar-refractivity contribution in [1.82, 2.24) is 5.01 Å². The van der Waals surface area contributed by atoms with E-state index in [1.807, 2.05) is 12.1 Å². The predicted molar refractivity (Wildman–Crippen MR) is 89.8 cm³/mol. The van der Waals surface area contributed by atoms with E-state index >= 15 is 0 Å². The number of hydrogen-bond donors (Lipinski definition) is 1. The summed E-state index contributed by atoms with van der Waals surface area (Å²) in [6.45, 7) is 0. The van der Waals surface area contributed by atoms with Gasteiger partial charge in [-0.2, -0.15) is 8.42 Å². The highest BCUT2D eigenvalue weighted by Gasteiger charge is 2.12. The first-order valence-electron chi connectivity index (χ1n) is 6.80. The van der Waals surface area contributed by atoms with Gasteiger partial charge in [0.25, 0.3) is 10.1 Å². The van der Waals surface area contributed by atoms with Crippen molar-refractivity contribution < 1.29 is 13.0 Å². The molecule has 0 amide bonds. The van der Waals surface area contributed by atoms with E-state index in [9.17, 15) is 13.0 Å². The fraction of sp³-hybridized carbons (Fsp3) is 0.125. The minimum absolute atomic E-state index is 0.118. The summed E-state index contributed by atoms with van der Waals surface area (Å²) < 4.78 is 31.9. The molecule has 2 aromatic rings. The van der Waals surface area contributed by atoms with Crippen molar-refractivity contribution in [2.75, 3.05) is 14.1 Å². The van der Waals surface area contributed by atoms with Crippen LogP contribution in [0.2, 0.25) is 0 Å². The highest BCUT2D eigenvalue weighted by atomic mass is 32.2. The van der Waals surface area contributed by atoms with Gasteiger partial charge in [-0.3, -0.25) is 9.56 Å². The summed E-state index contributed by atoms with van der Waals surface area (Å²) >= 11 is 0. The second kappa shape index (κ2) is 7.17. The molecule has 7 heteroatoms. The zero-order valence-electron chi connectivity index (χ0n) is 12.8. The lowest BCUT2D eigenvalue weighted by Crippen LogP contribution is -2.00. The molecule has 0 fully saturated rings. The maximum Gasteiger partial charge on any atom is 0.295 e. The van der Waals surface area contributed by atoms with E-state index in [0.29, 0.717) is 11.3 Å². The van der Waals surface area contributed by atoms with Crippen molar-refractivity contribution in [3.63, 3.8) is 0 Å². The molecule has 0 bridgehead atoms. The Labute approximate surface area is 135 Å². The molecule has 0 radical (unpaired) electrons. The molecule has 120 valence electrons. The molecule has 0 unspecified atom stereocenters. The Balaban J connectivity index is 2.22. The molecule has 0 saturated heterocycles. The molecular formula is C16H17N3O3S. The van der Waals surface area contributed by atoms with Gasteiger partial charge in [-0.05, 0) is 29.3 Å². The number of hydrogen-bond acceptors (Lipinski definition) is 4. The Bertz CT molecular complexity index is 826. The van der Waals surface area contributed by atoms with Gasteiger partial charge in [0.1, 0.15) is 4.90 Å². The third-order valence-corrected chi connectivity index (χ3v) is 3.81. The lowest BCUT2D eigenvalue weighted by molar-refractivity contribution is 0.408. The normalized spacial score (nSPS) is 12.1. The Kier molecular flexibility index (Phi) is 5.25. The van der Waals surface area contributed by atoms with Gasteiger partial charge in [0, 0.05) is 14.1 Å². The lowest BCUT2D eigenvalue weighted by atomic mass is 10.1. The monoisotopic (exact) mass is 331 g/mol. The van der Waals surface area contributed by atoms with Crippen LogP contribution >= 0.6 is 0 Å². The summed E-state index contributed by atoms with van der Waals surface area (Å²) in [5.41, 5.74) is 2.01. The zero-order chi connectivity index (χ0) is 16.9. The van der Waals surface area contributed by atoms with E-state index in [4.69, 9.17) is 0 Å². The molecule has 2 rings (SSSR count).